The number of hydrogen-bond acceptors (Lipinski definition) is 3. The molecule has 3 rings (SSSR count). The highest BCUT2D eigenvalue weighted by atomic mass is 32.1. The third-order valence-electron chi connectivity index (χ3n) is 4.15. The van der Waals surface area contributed by atoms with Crippen LogP contribution in [0.4, 0.5) is 4.79 Å². The van der Waals surface area contributed by atoms with Gasteiger partial charge in [0.25, 0.3) is 0 Å². The topological polar surface area (TPSA) is 45.3 Å². The zero-order valence-electron chi connectivity index (χ0n) is 12.9. The number of nitrogens with zero attached hydrogens (tertiary/aromatic N) is 1. The predicted octanol–water partition coefficient (Wildman–Crippen LogP) is 4.61. The summed E-state index contributed by atoms with van der Waals surface area (Å²) in [5.74, 6) is 0. The number of aromatic amines is 1. The molecule has 1 aromatic carbocycles. The van der Waals surface area contributed by atoms with Crippen molar-refractivity contribution < 1.29 is 9.53 Å². The van der Waals surface area contributed by atoms with Crippen LogP contribution >= 0.6 is 12.2 Å². The SMILES string of the molecule is O=C(OCc1ccccc1)N1CCCC[C@H]1c1ccc[nH]c1=S. The fourth-order valence-corrected chi connectivity index (χ4v) is 3.24. The first-order valence-electron chi connectivity index (χ1n) is 7.90. The molecule has 0 spiro atoms. The Morgan fingerprint density at radius 2 is 2.04 bits per heavy atom. The monoisotopic (exact) mass is 328 g/mol. The molecule has 120 valence electrons. The number of aromatic nitrogens is 1. The Morgan fingerprint density at radius 1 is 1.22 bits per heavy atom. The molecule has 0 bridgehead atoms. The Balaban J connectivity index is 1.72. The lowest BCUT2D eigenvalue weighted by molar-refractivity contribution is 0.0677. The van der Waals surface area contributed by atoms with Gasteiger partial charge in [-0.3, -0.25) is 0 Å². The van der Waals surface area contributed by atoms with Gasteiger partial charge < -0.3 is 14.6 Å². The van der Waals surface area contributed by atoms with Gasteiger partial charge in [0.1, 0.15) is 11.2 Å². The van der Waals surface area contributed by atoms with Crippen LogP contribution in [-0.2, 0) is 11.3 Å². The highest BCUT2D eigenvalue weighted by Gasteiger charge is 2.29. The number of likely N-dealkylation sites (tertiary alicyclic amines) is 1. The van der Waals surface area contributed by atoms with Gasteiger partial charge in [-0.1, -0.05) is 48.6 Å². The molecular formula is C18H20N2O2S. The van der Waals surface area contributed by atoms with Crippen molar-refractivity contribution in [1.29, 1.82) is 0 Å². The van der Waals surface area contributed by atoms with Crippen molar-refractivity contribution >= 4 is 18.3 Å². The summed E-state index contributed by atoms with van der Waals surface area (Å²) in [4.78, 5) is 17.4. The Kier molecular flexibility index (Phi) is 5.08. The average Bonchev–Trinajstić information content (AvgIpc) is 2.61. The fourth-order valence-electron chi connectivity index (χ4n) is 2.97. The molecule has 0 saturated carbocycles. The number of amides is 1. The van der Waals surface area contributed by atoms with E-state index in [2.05, 4.69) is 4.98 Å². The van der Waals surface area contributed by atoms with Crippen molar-refractivity contribution in [1.82, 2.24) is 9.88 Å². The summed E-state index contributed by atoms with van der Waals surface area (Å²) < 4.78 is 6.20. The zero-order chi connectivity index (χ0) is 16.1. The molecule has 1 aliphatic rings. The summed E-state index contributed by atoms with van der Waals surface area (Å²) in [7, 11) is 0. The minimum absolute atomic E-state index is 0.00280. The van der Waals surface area contributed by atoms with Gasteiger partial charge in [-0.05, 0) is 30.9 Å². The van der Waals surface area contributed by atoms with E-state index in [-0.39, 0.29) is 12.1 Å². The minimum atomic E-state index is -0.267. The number of benzene rings is 1. The fraction of sp³-hybridized carbons (Fsp3) is 0.333. The first-order chi connectivity index (χ1) is 11.3. The van der Waals surface area contributed by atoms with Crippen molar-refractivity contribution in [3.8, 4) is 0 Å². The molecule has 1 N–H and O–H groups in total. The molecule has 1 aromatic heterocycles. The number of carbonyl (C=O) groups is 1. The molecule has 1 saturated heterocycles. The molecular weight excluding hydrogens is 308 g/mol. The number of piperidine rings is 1. The van der Waals surface area contributed by atoms with E-state index in [4.69, 9.17) is 17.0 Å². The van der Waals surface area contributed by atoms with Gasteiger partial charge in [-0.2, -0.15) is 0 Å². The summed E-state index contributed by atoms with van der Waals surface area (Å²) >= 11 is 5.38. The van der Waals surface area contributed by atoms with E-state index in [1.807, 2.05) is 53.6 Å². The highest BCUT2D eigenvalue weighted by molar-refractivity contribution is 7.71. The number of carbonyl (C=O) groups excluding carboxylic acids is 1. The van der Waals surface area contributed by atoms with Crippen LogP contribution in [0, 0.1) is 4.64 Å². The van der Waals surface area contributed by atoms with Gasteiger partial charge in [-0.15, -0.1) is 0 Å². The van der Waals surface area contributed by atoms with E-state index in [0.29, 0.717) is 17.8 Å². The second kappa shape index (κ2) is 7.42. The maximum absolute atomic E-state index is 12.5. The quantitative estimate of drug-likeness (QED) is 0.837. The Labute approximate surface area is 141 Å². The van der Waals surface area contributed by atoms with E-state index >= 15 is 0 Å². The molecule has 23 heavy (non-hydrogen) atoms. The highest BCUT2D eigenvalue weighted by Crippen LogP contribution is 2.31. The molecule has 1 atom stereocenters. The molecule has 0 unspecified atom stereocenters. The largest absolute Gasteiger partial charge is 0.445 e. The second-order valence-corrected chi connectivity index (χ2v) is 6.11. The molecule has 1 fully saturated rings. The van der Waals surface area contributed by atoms with Gasteiger partial charge >= 0.3 is 6.09 Å². The van der Waals surface area contributed by atoms with Crippen LogP contribution in [-0.4, -0.2) is 22.5 Å². The van der Waals surface area contributed by atoms with E-state index in [9.17, 15) is 4.79 Å². The summed E-state index contributed by atoms with van der Waals surface area (Å²) in [6.45, 7) is 1.01. The first-order valence-corrected chi connectivity index (χ1v) is 8.31. The number of nitrogens with one attached hydrogen (secondary N) is 1. The lowest BCUT2D eigenvalue weighted by atomic mass is 9.97. The van der Waals surface area contributed by atoms with E-state index < -0.39 is 0 Å². The predicted molar refractivity (Wildman–Crippen MR) is 91.6 cm³/mol. The van der Waals surface area contributed by atoms with Crippen LogP contribution in [0.1, 0.15) is 36.4 Å². The van der Waals surface area contributed by atoms with E-state index in [1.54, 1.807) is 0 Å². The maximum atomic E-state index is 12.5. The van der Waals surface area contributed by atoms with Gasteiger partial charge in [0.2, 0.25) is 0 Å². The van der Waals surface area contributed by atoms with Crippen LogP contribution in [0.5, 0.6) is 0 Å². The van der Waals surface area contributed by atoms with Crippen molar-refractivity contribution in [2.24, 2.45) is 0 Å². The molecule has 1 amide bonds. The molecule has 2 heterocycles. The van der Waals surface area contributed by atoms with Crippen molar-refractivity contribution in [2.45, 2.75) is 31.9 Å². The van der Waals surface area contributed by atoms with Crippen LogP contribution in [0.15, 0.2) is 48.7 Å². The molecule has 4 nitrogen and oxygen atoms in total. The Hall–Kier alpha value is -2.14. The van der Waals surface area contributed by atoms with Crippen LogP contribution in [0.3, 0.4) is 0 Å². The molecule has 2 aromatic rings. The summed E-state index contributed by atoms with van der Waals surface area (Å²) in [5, 5.41) is 0. The van der Waals surface area contributed by atoms with Gasteiger partial charge in [0.15, 0.2) is 0 Å². The molecule has 5 heteroatoms. The number of pyridine rings is 1. The van der Waals surface area contributed by atoms with Crippen molar-refractivity contribution in [2.75, 3.05) is 6.54 Å². The number of hydrogen-bond donors (Lipinski definition) is 1. The number of ether oxygens (including phenoxy) is 1. The minimum Gasteiger partial charge on any atom is -0.445 e. The lowest BCUT2D eigenvalue weighted by Gasteiger charge is -2.35. The van der Waals surface area contributed by atoms with Gasteiger partial charge in [0, 0.05) is 18.3 Å². The normalized spacial score (nSPS) is 17.7. The summed E-state index contributed by atoms with van der Waals surface area (Å²) in [6, 6.07) is 13.6. The number of H-pyrrole nitrogens is 1. The van der Waals surface area contributed by atoms with Gasteiger partial charge in [0.05, 0.1) is 6.04 Å². The first kappa shape index (κ1) is 15.7. The number of rotatable bonds is 3. The molecule has 1 aliphatic heterocycles. The Bertz CT molecular complexity index is 714. The van der Waals surface area contributed by atoms with E-state index in [0.717, 1.165) is 30.4 Å². The van der Waals surface area contributed by atoms with Crippen LogP contribution < -0.4 is 0 Å². The van der Waals surface area contributed by atoms with Crippen molar-refractivity contribution in [3.63, 3.8) is 0 Å². The van der Waals surface area contributed by atoms with E-state index in [1.165, 1.54) is 0 Å². The lowest BCUT2D eigenvalue weighted by Crippen LogP contribution is -2.39. The van der Waals surface area contributed by atoms with Crippen molar-refractivity contribution in [3.05, 3.63) is 64.4 Å². The smallest absolute Gasteiger partial charge is 0.410 e. The third kappa shape index (κ3) is 3.79. The van der Waals surface area contributed by atoms with Crippen LogP contribution in [0.25, 0.3) is 0 Å². The Morgan fingerprint density at radius 3 is 2.83 bits per heavy atom. The summed E-state index contributed by atoms with van der Waals surface area (Å²) in [6.07, 6.45) is 4.56. The second-order valence-electron chi connectivity index (χ2n) is 5.70. The maximum Gasteiger partial charge on any atom is 0.410 e. The zero-order valence-corrected chi connectivity index (χ0v) is 13.7. The molecule has 0 radical (unpaired) electrons. The average molecular weight is 328 g/mol. The standard InChI is InChI=1S/C18H20N2O2S/c21-18(22-13-14-7-2-1-3-8-14)20-12-5-4-10-16(20)15-9-6-11-19-17(15)23/h1-3,6-9,11,16H,4-5,10,12-13H2,(H,19,23)/t16-/m0/s1. The van der Waals surface area contributed by atoms with Crippen LogP contribution in [0.2, 0.25) is 0 Å². The van der Waals surface area contributed by atoms with Gasteiger partial charge in [-0.25, -0.2) is 4.79 Å². The third-order valence-corrected chi connectivity index (χ3v) is 4.50. The molecule has 0 aliphatic carbocycles. The summed E-state index contributed by atoms with van der Waals surface area (Å²) in [5.41, 5.74) is 1.99.